The van der Waals surface area contributed by atoms with Crippen molar-refractivity contribution in [3.8, 4) is 0 Å². The van der Waals surface area contributed by atoms with Crippen LogP contribution in [0.25, 0.3) is 0 Å². The van der Waals surface area contributed by atoms with E-state index in [1.165, 1.54) is 16.0 Å². The highest BCUT2D eigenvalue weighted by Gasteiger charge is 2.24. The molecule has 0 aromatic heterocycles. The number of aryl methyl sites for hydroxylation is 1. The monoisotopic (exact) mass is 365 g/mol. The Hall–Kier alpha value is -2.66. The summed E-state index contributed by atoms with van der Waals surface area (Å²) in [6, 6.07) is 15.8. The Kier molecular flexibility index (Phi) is 5.91. The van der Waals surface area contributed by atoms with Gasteiger partial charge in [0.05, 0.1) is 6.54 Å². The minimum Gasteiger partial charge on any atom is -0.345 e. The average Bonchev–Trinajstić information content (AvgIpc) is 2.67. The van der Waals surface area contributed by atoms with Crippen molar-refractivity contribution in [1.82, 2.24) is 9.80 Å². The van der Waals surface area contributed by atoms with E-state index in [2.05, 4.69) is 34.5 Å². The number of likely N-dealkylation sites (N-methyl/N-ethyl adjacent to an activating group) is 1. The third-order valence-electron chi connectivity index (χ3n) is 5.08. The Morgan fingerprint density at radius 3 is 2.44 bits per heavy atom. The second-order valence-electron chi connectivity index (χ2n) is 7.35. The van der Waals surface area contributed by atoms with E-state index < -0.39 is 0 Å². The van der Waals surface area contributed by atoms with Crippen LogP contribution < -0.4 is 5.32 Å². The number of nitrogens with zero attached hydrogens (tertiary/aromatic N) is 2. The molecule has 1 N–H and O–H groups in total. The minimum atomic E-state index is -0.0522. The molecule has 0 fully saturated rings. The van der Waals surface area contributed by atoms with Crippen molar-refractivity contribution in [3.05, 3.63) is 65.2 Å². The number of carbonyl (C=O) groups excluding carboxylic acids is 2. The van der Waals surface area contributed by atoms with Crippen LogP contribution in [0.5, 0.6) is 0 Å². The molecule has 0 spiro atoms. The molecule has 0 unspecified atom stereocenters. The van der Waals surface area contributed by atoms with Crippen molar-refractivity contribution in [3.63, 3.8) is 0 Å². The van der Waals surface area contributed by atoms with Gasteiger partial charge in [-0.3, -0.25) is 14.5 Å². The first-order chi connectivity index (χ1) is 13.0. The van der Waals surface area contributed by atoms with Gasteiger partial charge in [-0.05, 0) is 61.7 Å². The van der Waals surface area contributed by atoms with Gasteiger partial charge in [-0.2, -0.15) is 0 Å². The molecule has 1 aliphatic rings. The minimum absolute atomic E-state index is 0.0489. The summed E-state index contributed by atoms with van der Waals surface area (Å²) in [4.78, 5) is 28.1. The van der Waals surface area contributed by atoms with Gasteiger partial charge in [0.25, 0.3) is 5.91 Å². The largest absolute Gasteiger partial charge is 0.345 e. The van der Waals surface area contributed by atoms with Crippen LogP contribution in [0.2, 0.25) is 0 Å². The Morgan fingerprint density at radius 2 is 1.74 bits per heavy atom. The first-order valence-electron chi connectivity index (χ1n) is 9.35. The van der Waals surface area contributed by atoms with Gasteiger partial charge in [0.2, 0.25) is 5.91 Å². The number of nitrogens with one attached hydrogen (secondary N) is 1. The highest BCUT2D eigenvalue weighted by atomic mass is 16.2. The van der Waals surface area contributed by atoms with E-state index in [1.807, 2.05) is 7.05 Å². The predicted molar refractivity (Wildman–Crippen MR) is 108 cm³/mol. The summed E-state index contributed by atoms with van der Waals surface area (Å²) in [6.07, 6.45) is 3.34. The molecule has 5 nitrogen and oxygen atoms in total. The van der Waals surface area contributed by atoms with Gasteiger partial charge in [-0.15, -0.1) is 0 Å². The fraction of sp³-hybridized carbons (Fsp3) is 0.364. The number of benzene rings is 2. The third-order valence-corrected chi connectivity index (χ3v) is 5.08. The quantitative estimate of drug-likeness (QED) is 0.884. The van der Waals surface area contributed by atoms with Crippen LogP contribution in [0, 0.1) is 0 Å². The SMILES string of the molecule is CN(C)C(=O)c1ccc(NC(=O)CN(C)[C@@H]2CCCc3ccccc32)cc1. The summed E-state index contributed by atoms with van der Waals surface area (Å²) in [5.74, 6) is -0.101. The fourth-order valence-electron chi connectivity index (χ4n) is 3.68. The van der Waals surface area contributed by atoms with Crippen molar-refractivity contribution in [2.75, 3.05) is 33.0 Å². The summed E-state index contributed by atoms with van der Waals surface area (Å²) in [5.41, 5.74) is 4.04. The van der Waals surface area contributed by atoms with E-state index in [-0.39, 0.29) is 17.9 Å². The number of rotatable bonds is 5. The maximum absolute atomic E-state index is 12.5. The van der Waals surface area contributed by atoms with E-state index in [0.717, 1.165) is 19.3 Å². The van der Waals surface area contributed by atoms with Crippen molar-refractivity contribution >= 4 is 17.5 Å². The summed E-state index contributed by atoms with van der Waals surface area (Å²) in [7, 11) is 5.44. The van der Waals surface area contributed by atoms with Crippen LogP contribution in [0.3, 0.4) is 0 Å². The summed E-state index contributed by atoms with van der Waals surface area (Å²) < 4.78 is 0. The van der Waals surface area contributed by atoms with Crippen molar-refractivity contribution in [2.24, 2.45) is 0 Å². The number of fused-ring (bicyclic) bond motifs is 1. The van der Waals surface area contributed by atoms with Crippen LogP contribution in [-0.4, -0.2) is 49.3 Å². The third kappa shape index (κ3) is 4.55. The molecule has 0 saturated carbocycles. The first kappa shape index (κ1) is 19.1. The summed E-state index contributed by atoms with van der Waals surface area (Å²) >= 11 is 0. The number of carbonyl (C=O) groups is 2. The Morgan fingerprint density at radius 1 is 1.04 bits per heavy atom. The van der Waals surface area contributed by atoms with E-state index in [4.69, 9.17) is 0 Å². The van der Waals surface area contributed by atoms with E-state index in [9.17, 15) is 9.59 Å². The second-order valence-corrected chi connectivity index (χ2v) is 7.35. The lowest BCUT2D eigenvalue weighted by atomic mass is 9.87. The molecule has 2 aromatic rings. The maximum atomic E-state index is 12.5. The van der Waals surface area contributed by atoms with Crippen LogP contribution in [0.15, 0.2) is 48.5 Å². The molecule has 1 aliphatic carbocycles. The Balaban J connectivity index is 1.60. The number of hydrogen-bond acceptors (Lipinski definition) is 3. The molecule has 0 bridgehead atoms. The normalized spacial score (nSPS) is 15.9. The van der Waals surface area contributed by atoms with Gasteiger partial charge < -0.3 is 10.2 Å². The van der Waals surface area contributed by atoms with Crippen molar-refractivity contribution in [2.45, 2.75) is 25.3 Å². The highest BCUT2D eigenvalue weighted by molar-refractivity contribution is 5.96. The molecule has 2 aromatic carbocycles. The molecular formula is C22H27N3O2. The number of anilines is 1. The average molecular weight is 365 g/mol. The van der Waals surface area contributed by atoms with Gasteiger partial charge in [-0.25, -0.2) is 0 Å². The zero-order valence-corrected chi connectivity index (χ0v) is 16.2. The van der Waals surface area contributed by atoms with Gasteiger partial charge in [0.1, 0.15) is 0 Å². The predicted octanol–water partition coefficient (Wildman–Crippen LogP) is 3.34. The lowest BCUT2D eigenvalue weighted by molar-refractivity contribution is -0.117. The number of hydrogen-bond donors (Lipinski definition) is 1. The Labute approximate surface area is 161 Å². The second kappa shape index (κ2) is 8.35. The molecule has 27 heavy (non-hydrogen) atoms. The van der Waals surface area contributed by atoms with Crippen molar-refractivity contribution in [1.29, 1.82) is 0 Å². The van der Waals surface area contributed by atoms with Crippen LogP contribution in [0.4, 0.5) is 5.69 Å². The van der Waals surface area contributed by atoms with E-state index in [0.29, 0.717) is 17.8 Å². The summed E-state index contributed by atoms with van der Waals surface area (Å²) in [5, 5.41) is 2.93. The molecule has 5 heteroatoms. The first-order valence-corrected chi connectivity index (χ1v) is 9.35. The van der Waals surface area contributed by atoms with Crippen LogP contribution in [0.1, 0.15) is 40.4 Å². The molecular weight excluding hydrogens is 338 g/mol. The smallest absolute Gasteiger partial charge is 0.253 e. The molecule has 0 saturated heterocycles. The summed E-state index contributed by atoms with van der Waals surface area (Å²) in [6.45, 7) is 0.331. The molecule has 2 amide bonds. The van der Waals surface area contributed by atoms with Crippen LogP contribution >= 0.6 is 0 Å². The highest BCUT2D eigenvalue weighted by Crippen LogP contribution is 2.33. The van der Waals surface area contributed by atoms with Gasteiger partial charge in [0.15, 0.2) is 0 Å². The molecule has 1 atom stereocenters. The van der Waals surface area contributed by atoms with Gasteiger partial charge in [-0.1, -0.05) is 24.3 Å². The van der Waals surface area contributed by atoms with Gasteiger partial charge in [0, 0.05) is 31.4 Å². The lowest BCUT2D eigenvalue weighted by Crippen LogP contribution is -2.34. The standard InChI is InChI=1S/C22H27N3O2/c1-24(2)22(27)17-11-13-18(14-12-17)23-21(26)15-25(3)20-10-6-8-16-7-4-5-9-19(16)20/h4-5,7,9,11-14,20H,6,8,10,15H2,1-3H3,(H,23,26)/t20-/m1/s1. The molecule has 0 aliphatic heterocycles. The molecule has 142 valence electrons. The zero-order chi connectivity index (χ0) is 19.4. The molecule has 3 rings (SSSR count). The van der Waals surface area contributed by atoms with Crippen molar-refractivity contribution < 1.29 is 9.59 Å². The molecule has 0 heterocycles. The topological polar surface area (TPSA) is 52.7 Å². The number of amides is 2. The molecule has 0 radical (unpaired) electrons. The lowest BCUT2D eigenvalue weighted by Gasteiger charge is -2.32. The fourth-order valence-corrected chi connectivity index (χ4v) is 3.68. The van der Waals surface area contributed by atoms with E-state index >= 15 is 0 Å². The van der Waals surface area contributed by atoms with Gasteiger partial charge >= 0.3 is 0 Å². The van der Waals surface area contributed by atoms with E-state index in [1.54, 1.807) is 38.4 Å². The zero-order valence-electron chi connectivity index (χ0n) is 16.2. The maximum Gasteiger partial charge on any atom is 0.253 e. The van der Waals surface area contributed by atoms with Crippen LogP contribution in [-0.2, 0) is 11.2 Å². The Bertz CT molecular complexity index is 815.